The molecular formula is C18H23N3O2. The van der Waals surface area contributed by atoms with Crippen LogP contribution in [0, 0.1) is 5.92 Å². The second kappa shape index (κ2) is 6.86. The van der Waals surface area contributed by atoms with Gasteiger partial charge in [0.25, 0.3) is 5.91 Å². The van der Waals surface area contributed by atoms with E-state index in [9.17, 15) is 4.79 Å². The number of rotatable bonds is 4. The molecular weight excluding hydrogens is 290 g/mol. The van der Waals surface area contributed by atoms with E-state index in [1.165, 1.54) is 6.42 Å². The fourth-order valence-corrected chi connectivity index (χ4v) is 3.01. The average Bonchev–Trinajstić information content (AvgIpc) is 2.99. The Morgan fingerprint density at radius 2 is 2.13 bits per heavy atom. The van der Waals surface area contributed by atoms with E-state index in [2.05, 4.69) is 12.0 Å². The van der Waals surface area contributed by atoms with Crippen molar-refractivity contribution >= 4 is 5.91 Å². The summed E-state index contributed by atoms with van der Waals surface area (Å²) in [6, 6.07) is 11.5. The number of aromatic nitrogens is 2. The highest BCUT2D eigenvalue weighted by atomic mass is 16.5. The standard InChI is InChI=1S/C18H23N3O2/c1-3-23-17-12-16(18(22)20-11-7-8-14(2)13-20)19-21(17)15-9-5-4-6-10-15/h4-6,9-10,12,14H,3,7-8,11,13H2,1-2H3. The summed E-state index contributed by atoms with van der Waals surface area (Å²) >= 11 is 0. The van der Waals surface area contributed by atoms with Crippen molar-refractivity contribution in [3.05, 3.63) is 42.1 Å². The fourth-order valence-electron chi connectivity index (χ4n) is 3.01. The van der Waals surface area contributed by atoms with Gasteiger partial charge < -0.3 is 9.64 Å². The van der Waals surface area contributed by atoms with Crippen LogP contribution < -0.4 is 4.74 Å². The predicted molar refractivity (Wildman–Crippen MR) is 89.0 cm³/mol. The second-order valence-electron chi connectivity index (χ2n) is 6.05. The number of carbonyl (C=O) groups excluding carboxylic acids is 1. The molecule has 122 valence electrons. The van der Waals surface area contributed by atoms with Crippen LogP contribution in [0.1, 0.15) is 37.2 Å². The Morgan fingerprint density at radius 1 is 1.35 bits per heavy atom. The number of nitrogens with zero attached hydrogens (tertiary/aromatic N) is 3. The Hall–Kier alpha value is -2.30. The Labute approximate surface area is 136 Å². The zero-order chi connectivity index (χ0) is 16.2. The molecule has 5 heteroatoms. The molecule has 0 N–H and O–H groups in total. The third kappa shape index (κ3) is 3.38. The van der Waals surface area contributed by atoms with Gasteiger partial charge in [0.1, 0.15) is 0 Å². The van der Waals surface area contributed by atoms with Crippen molar-refractivity contribution in [1.82, 2.24) is 14.7 Å². The van der Waals surface area contributed by atoms with E-state index in [1.807, 2.05) is 42.2 Å². The van der Waals surface area contributed by atoms with E-state index >= 15 is 0 Å². The molecule has 5 nitrogen and oxygen atoms in total. The maximum Gasteiger partial charge on any atom is 0.274 e. The zero-order valence-corrected chi connectivity index (χ0v) is 13.7. The topological polar surface area (TPSA) is 47.4 Å². The van der Waals surface area contributed by atoms with Crippen LogP contribution in [0.15, 0.2) is 36.4 Å². The summed E-state index contributed by atoms with van der Waals surface area (Å²) in [4.78, 5) is 14.6. The highest BCUT2D eigenvalue weighted by Gasteiger charge is 2.25. The van der Waals surface area contributed by atoms with Crippen LogP contribution in [-0.2, 0) is 0 Å². The van der Waals surface area contributed by atoms with Crippen molar-refractivity contribution in [1.29, 1.82) is 0 Å². The lowest BCUT2D eigenvalue weighted by atomic mass is 10.0. The monoisotopic (exact) mass is 313 g/mol. The van der Waals surface area contributed by atoms with E-state index in [0.717, 1.165) is 25.2 Å². The lowest BCUT2D eigenvalue weighted by molar-refractivity contribution is 0.0676. The molecule has 2 heterocycles. The van der Waals surface area contributed by atoms with Gasteiger partial charge in [-0.05, 0) is 37.8 Å². The number of ether oxygens (including phenoxy) is 1. The van der Waals surface area contributed by atoms with Gasteiger partial charge in [0.05, 0.1) is 12.3 Å². The molecule has 0 bridgehead atoms. The smallest absolute Gasteiger partial charge is 0.274 e. The van der Waals surface area contributed by atoms with Gasteiger partial charge in [0.2, 0.25) is 5.88 Å². The molecule has 0 aliphatic carbocycles. The van der Waals surface area contributed by atoms with Gasteiger partial charge >= 0.3 is 0 Å². The molecule has 1 aliphatic heterocycles. The summed E-state index contributed by atoms with van der Waals surface area (Å²) in [5, 5.41) is 4.50. The largest absolute Gasteiger partial charge is 0.478 e. The maximum atomic E-state index is 12.7. The molecule has 1 aromatic heterocycles. The van der Waals surface area contributed by atoms with Gasteiger partial charge in [-0.25, -0.2) is 4.68 Å². The van der Waals surface area contributed by atoms with E-state index in [4.69, 9.17) is 4.74 Å². The van der Waals surface area contributed by atoms with Gasteiger partial charge in [-0.1, -0.05) is 25.1 Å². The molecule has 1 aliphatic rings. The van der Waals surface area contributed by atoms with E-state index in [-0.39, 0.29) is 5.91 Å². The molecule has 3 rings (SSSR count). The Bertz CT molecular complexity index is 666. The quantitative estimate of drug-likeness (QED) is 0.871. The van der Waals surface area contributed by atoms with Crippen molar-refractivity contribution in [2.45, 2.75) is 26.7 Å². The Kier molecular flexibility index (Phi) is 4.65. The highest BCUT2D eigenvalue weighted by Crippen LogP contribution is 2.22. The number of piperidine rings is 1. The van der Waals surface area contributed by atoms with Crippen molar-refractivity contribution < 1.29 is 9.53 Å². The minimum absolute atomic E-state index is 0.00724. The number of para-hydroxylation sites is 1. The average molecular weight is 313 g/mol. The van der Waals surface area contributed by atoms with Crippen molar-refractivity contribution in [2.75, 3.05) is 19.7 Å². The lowest BCUT2D eigenvalue weighted by Gasteiger charge is -2.30. The molecule has 1 aromatic carbocycles. The maximum absolute atomic E-state index is 12.7. The summed E-state index contributed by atoms with van der Waals surface area (Å²) in [7, 11) is 0. The number of amides is 1. The normalized spacial score (nSPS) is 18.0. The Balaban J connectivity index is 1.89. The molecule has 1 atom stereocenters. The van der Waals surface area contributed by atoms with Gasteiger partial charge in [0.15, 0.2) is 5.69 Å². The molecule has 0 radical (unpaired) electrons. The van der Waals surface area contributed by atoms with Crippen LogP contribution in [0.2, 0.25) is 0 Å². The first-order chi connectivity index (χ1) is 11.2. The third-order valence-electron chi connectivity index (χ3n) is 4.13. The van der Waals surface area contributed by atoms with Crippen molar-refractivity contribution in [3.63, 3.8) is 0 Å². The van der Waals surface area contributed by atoms with Crippen LogP contribution in [-0.4, -0.2) is 40.3 Å². The first-order valence-corrected chi connectivity index (χ1v) is 8.26. The van der Waals surface area contributed by atoms with Crippen molar-refractivity contribution in [2.24, 2.45) is 5.92 Å². The van der Waals surface area contributed by atoms with Gasteiger partial charge in [-0.3, -0.25) is 4.79 Å². The predicted octanol–water partition coefficient (Wildman–Crippen LogP) is 3.14. The number of likely N-dealkylation sites (tertiary alicyclic amines) is 1. The summed E-state index contributed by atoms with van der Waals surface area (Å²) in [5.41, 5.74) is 1.34. The molecule has 2 aromatic rings. The van der Waals surface area contributed by atoms with Crippen LogP contribution in [0.4, 0.5) is 0 Å². The minimum Gasteiger partial charge on any atom is -0.478 e. The number of hydrogen-bond acceptors (Lipinski definition) is 3. The number of carbonyl (C=O) groups is 1. The number of benzene rings is 1. The summed E-state index contributed by atoms with van der Waals surface area (Å²) in [5.74, 6) is 1.15. The molecule has 23 heavy (non-hydrogen) atoms. The molecule has 1 saturated heterocycles. The molecule has 0 saturated carbocycles. The number of hydrogen-bond donors (Lipinski definition) is 0. The first kappa shape index (κ1) is 15.6. The molecule has 1 amide bonds. The summed E-state index contributed by atoms with van der Waals surface area (Å²) in [6.45, 7) is 6.27. The molecule has 1 fully saturated rings. The fraction of sp³-hybridized carbons (Fsp3) is 0.444. The van der Waals surface area contributed by atoms with Crippen LogP contribution >= 0.6 is 0 Å². The lowest BCUT2D eigenvalue weighted by Crippen LogP contribution is -2.39. The summed E-state index contributed by atoms with van der Waals surface area (Å²) < 4.78 is 7.36. The summed E-state index contributed by atoms with van der Waals surface area (Å²) in [6.07, 6.45) is 2.25. The SMILES string of the molecule is CCOc1cc(C(=O)N2CCCC(C)C2)nn1-c1ccccc1. The van der Waals surface area contributed by atoms with Gasteiger partial charge in [-0.15, -0.1) is 0 Å². The highest BCUT2D eigenvalue weighted by molar-refractivity contribution is 5.92. The molecule has 0 spiro atoms. The van der Waals surface area contributed by atoms with Gasteiger partial charge in [-0.2, -0.15) is 5.10 Å². The van der Waals surface area contributed by atoms with Crippen molar-refractivity contribution in [3.8, 4) is 11.6 Å². The first-order valence-electron chi connectivity index (χ1n) is 8.26. The van der Waals surface area contributed by atoms with E-state index < -0.39 is 0 Å². The second-order valence-corrected chi connectivity index (χ2v) is 6.05. The van der Waals surface area contributed by atoms with Crippen LogP contribution in [0.5, 0.6) is 5.88 Å². The van der Waals surface area contributed by atoms with Gasteiger partial charge in [0, 0.05) is 19.2 Å². The Morgan fingerprint density at radius 3 is 2.83 bits per heavy atom. The molecule has 1 unspecified atom stereocenters. The van der Waals surface area contributed by atoms with Crippen LogP contribution in [0.3, 0.4) is 0 Å². The van der Waals surface area contributed by atoms with Crippen LogP contribution in [0.25, 0.3) is 5.69 Å². The zero-order valence-electron chi connectivity index (χ0n) is 13.7. The van der Waals surface area contributed by atoms with E-state index in [0.29, 0.717) is 24.1 Å². The van der Waals surface area contributed by atoms with E-state index in [1.54, 1.807) is 10.7 Å². The third-order valence-corrected chi connectivity index (χ3v) is 4.13. The minimum atomic E-state index is -0.00724.